The number of benzene rings is 3. The van der Waals surface area contributed by atoms with Crippen LogP contribution in [0.3, 0.4) is 0 Å². The summed E-state index contributed by atoms with van der Waals surface area (Å²) in [4.78, 5) is 0. The molecule has 0 saturated heterocycles. The molecule has 2 nitrogen and oxygen atoms in total. The van der Waals surface area contributed by atoms with Gasteiger partial charge in [-0.05, 0) is 21.9 Å². The first kappa shape index (κ1) is 20.9. The average molecular weight is 388 g/mol. The van der Waals surface area contributed by atoms with Crippen molar-refractivity contribution in [3.8, 4) is 23.0 Å². The number of hydrogen-bond acceptors (Lipinski definition) is 2. The van der Waals surface area contributed by atoms with E-state index in [4.69, 9.17) is 9.47 Å². The topological polar surface area (TPSA) is 18.5 Å². The molecule has 0 aliphatic carbocycles. The van der Waals surface area contributed by atoms with Gasteiger partial charge in [-0.1, -0.05) is 38.8 Å². The Labute approximate surface area is 194 Å². The van der Waals surface area contributed by atoms with E-state index in [1.54, 1.807) is 0 Å². The summed E-state index contributed by atoms with van der Waals surface area (Å²) >= 11 is 0. The van der Waals surface area contributed by atoms with Crippen LogP contribution < -0.4 is 80.5 Å². The van der Waals surface area contributed by atoms with Crippen LogP contribution in [0.2, 0.25) is 0 Å². The minimum Gasteiger partial charge on any atom is -0.460 e. The Morgan fingerprint density at radius 2 is 0.774 bits per heavy atom. The van der Waals surface area contributed by atoms with E-state index in [-0.39, 0.29) is 6.71 Å². The van der Waals surface area contributed by atoms with Crippen LogP contribution >= 0.6 is 0 Å². The zero-order valence-corrected chi connectivity index (χ0v) is 20.5. The predicted molar refractivity (Wildman–Crippen MR) is 166 cm³/mol. The number of hydrogen-bond donors (Lipinski definition) is 0. The second-order valence-electron chi connectivity index (χ2n) is 9.71. The second kappa shape index (κ2) is 6.74. The van der Waals surface area contributed by atoms with Crippen LogP contribution in [0.4, 0.5) is 0 Å². The van der Waals surface area contributed by atoms with Crippen LogP contribution in [0.15, 0.2) is 6.07 Å². The molecule has 0 N–H and O–H groups in total. The third-order valence-electron chi connectivity index (χ3n) is 8.27. The SMILES string of the molecule is Bc1cc(B)c2c3c1Oc1c(B)c(B)c(B)c(B)c1B3c1c(B)c(B)c(B)c(B)c1O2. The van der Waals surface area contributed by atoms with Crippen LogP contribution in [-0.2, 0) is 0 Å². The summed E-state index contributed by atoms with van der Waals surface area (Å²) in [6.45, 7) is 0.132. The average Bonchev–Trinajstić information content (AvgIpc) is 2.75. The molecule has 138 valence electrons. The van der Waals surface area contributed by atoms with Crippen LogP contribution in [-0.4, -0.2) is 85.2 Å². The van der Waals surface area contributed by atoms with Gasteiger partial charge in [-0.25, -0.2) is 0 Å². The van der Waals surface area contributed by atoms with Gasteiger partial charge in [0.25, 0.3) is 6.71 Å². The maximum Gasteiger partial charge on any atom is 0.258 e. The second-order valence-corrected chi connectivity index (χ2v) is 9.71. The first-order chi connectivity index (χ1) is 14.6. The van der Waals surface area contributed by atoms with E-state index in [9.17, 15) is 0 Å². The van der Waals surface area contributed by atoms with Gasteiger partial charge < -0.3 is 9.47 Å². The zero-order chi connectivity index (χ0) is 22.5. The Balaban J connectivity index is 2.01. The molecule has 0 radical (unpaired) electrons. The molecule has 31 heavy (non-hydrogen) atoms. The van der Waals surface area contributed by atoms with Gasteiger partial charge in [0, 0.05) is 5.46 Å². The highest BCUT2D eigenvalue weighted by molar-refractivity contribution is 7.03. The van der Waals surface area contributed by atoms with Gasteiger partial charge in [0.15, 0.2) is 0 Å². The molecule has 13 heteroatoms. The Kier molecular flexibility index (Phi) is 4.53. The van der Waals surface area contributed by atoms with Gasteiger partial charge in [0.1, 0.15) is 101 Å². The fourth-order valence-electron chi connectivity index (χ4n) is 5.73. The Morgan fingerprint density at radius 3 is 1.16 bits per heavy atom. The fourth-order valence-corrected chi connectivity index (χ4v) is 5.73. The molecule has 0 unspecified atom stereocenters. The summed E-state index contributed by atoms with van der Waals surface area (Å²) in [7, 11) is 22.2. The smallest absolute Gasteiger partial charge is 0.258 e. The Bertz CT molecular complexity index is 1250. The van der Waals surface area contributed by atoms with Gasteiger partial charge in [-0.3, -0.25) is 0 Å². The minimum atomic E-state index is 0.132. The molecular formula is C18H21B11O2. The molecule has 0 saturated carbocycles. The molecule has 0 aromatic heterocycles. The zero-order valence-electron chi connectivity index (χ0n) is 20.5. The fraction of sp³-hybridized carbons (Fsp3) is 0. The summed E-state index contributed by atoms with van der Waals surface area (Å²) in [6, 6.07) is 2.20. The van der Waals surface area contributed by atoms with Crippen LogP contribution in [0.5, 0.6) is 23.0 Å². The molecule has 0 atom stereocenters. The molecule has 0 fully saturated rings. The molecule has 0 bridgehead atoms. The van der Waals surface area contributed by atoms with Gasteiger partial charge in [0.05, 0.1) is 0 Å². The standard InChI is InChI=1S/C18H21B11O2/c19-2-1-3(20)16-14-15(2)30-17-10(27)6(23)4(21)8(25)12(17)29(14)13-9(26)5(22)7(24)11(28)18(13)31-16/h1H,19-28H2. The van der Waals surface area contributed by atoms with Crippen molar-refractivity contribution in [3.05, 3.63) is 6.07 Å². The highest BCUT2D eigenvalue weighted by Gasteiger charge is 2.44. The van der Waals surface area contributed by atoms with Crippen molar-refractivity contribution < 1.29 is 9.47 Å². The maximum absolute atomic E-state index is 6.72. The normalized spacial score (nSPS) is 13.0. The van der Waals surface area contributed by atoms with Gasteiger partial charge >= 0.3 is 0 Å². The van der Waals surface area contributed by atoms with Crippen molar-refractivity contribution in [1.29, 1.82) is 0 Å². The van der Waals surface area contributed by atoms with E-state index >= 15 is 0 Å². The molecule has 0 spiro atoms. The number of rotatable bonds is 0. The summed E-state index contributed by atoms with van der Waals surface area (Å²) in [6.07, 6.45) is 0. The van der Waals surface area contributed by atoms with Crippen molar-refractivity contribution in [2.24, 2.45) is 0 Å². The van der Waals surface area contributed by atoms with E-state index in [1.165, 1.54) is 71.0 Å². The van der Waals surface area contributed by atoms with Gasteiger partial charge in [0.2, 0.25) is 0 Å². The highest BCUT2D eigenvalue weighted by Crippen LogP contribution is 2.29. The molecule has 2 heterocycles. The Morgan fingerprint density at radius 1 is 0.419 bits per heavy atom. The van der Waals surface area contributed by atoms with Crippen molar-refractivity contribution in [3.63, 3.8) is 0 Å². The van der Waals surface area contributed by atoms with E-state index in [0.29, 0.717) is 0 Å². The molecule has 3 aromatic carbocycles. The van der Waals surface area contributed by atoms with E-state index in [0.717, 1.165) is 23.0 Å². The molecule has 3 aromatic rings. The molecule has 0 amide bonds. The van der Waals surface area contributed by atoms with E-state index < -0.39 is 0 Å². The van der Waals surface area contributed by atoms with Crippen molar-refractivity contribution in [2.45, 2.75) is 0 Å². The molecule has 2 aliphatic rings. The van der Waals surface area contributed by atoms with Crippen LogP contribution in [0.25, 0.3) is 0 Å². The molecular weight excluding hydrogens is 367 g/mol. The lowest BCUT2D eigenvalue weighted by atomic mass is 9.30. The number of ether oxygens (including phenoxy) is 2. The lowest BCUT2D eigenvalue weighted by Gasteiger charge is -2.39. The Hall–Kier alpha value is -2.03. The van der Waals surface area contributed by atoms with Crippen LogP contribution in [0.1, 0.15) is 0 Å². The first-order valence-corrected chi connectivity index (χ1v) is 11.3. The van der Waals surface area contributed by atoms with Crippen molar-refractivity contribution >= 4 is 156 Å². The third kappa shape index (κ3) is 2.55. The lowest BCUT2D eigenvalue weighted by Crippen LogP contribution is -2.72. The molecule has 5 rings (SSSR count). The lowest BCUT2D eigenvalue weighted by molar-refractivity contribution is 0.474. The molecule has 2 aliphatic heterocycles. The highest BCUT2D eigenvalue weighted by atomic mass is 16.5. The van der Waals surface area contributed by atoms with Gasteiger partial charge in [-0.2, -0.15) is 0 Å². The summed E-state index contributed by atoms with van der Waals surface area (Å²) in [5.74, 6) is 4.04. The summed E-state index contributed by atoms with van der Waals surface area (Å²) in [5, 5.41) is 0. The predicted octanol–water partition coefficient (Wildman–Crippen LogP) is -15.0. The minimum absolute atomic E-state index is 0.132. The number of fused-ring (bicyclic) bond motifs is 4. The first-order valence-electron chi connectivity index (χ1n) is 11.3. The summed E-state index contributed by atoms with van der Waals surface area (Å²) in [5.41, 5.74) is 16.7. The monoisotopic (exact) mass is 390 g/mol. The maximum atomic E-state index is 6.72. The quantitative estimate of drug-likeness (QED) is 0.246. The van der Waals surface area contributed by atoms with Gasteiger partial charge in [-0.15, -0.1) is 10.9 Å². The third-order valence-corrected chi connectivity index (χ3v) is 8.27. The summed E-state index contributed by atoms with van der Waals surface area (Å²) < 4.78 is 13.4. The largest absolute Gasteiger partial charge is 0.460 e. The van der Waals surface area contributed by atoms with E-state index in [1.807, 2.05) is 0 Å². The van der Waals surface area contributed by atoms with Crippen molar-refractivity contribution in [2.75, 3.05) is 0 Å². The van der Waals surface area contributed by atoms with Crippen LogP contribution in [0, 0.1) is 0 Å². The van der Waals surface area contributed by atoms with E-state index in [2.05, 4.69) is 84.5 Å². The van der Waals surface area contributed by atoms with Crippen molar-refractivity contribution in [1.82, 2.24) is 0 Å².